The van der Waals surface area contributed by atoms with Gasteiger partial charge in [-0.05, 0) is 6.42 Å². The number of nitro groups is 1. The standard InChI is InChI=1S/C11H19NO5/c1-3-10(13)8(2)11(16-6-7-17-11)5-4-9(10)12(14)15/h8-9,13H,3-7H2,1-2H3. The Bertz CT molecular complexity index is 315. The first-order valence-electron chi connectivity index (χ1n) is 6.10. The van der Waals surface area contributed by atoms with Crippen molar-refractivity contribution < 1.29 is 19.5 Å². The van der Waals surface area contributed by atoms with Crippen LogP contribution in [0.25, 0.3) is 0 Å². The molecule has 0 aromatic carbocycles. The molecule has 0 bridgehead atoms. The van der Waals surface area contributed by atoms with E-state index >= 15 is 0 Å². The molecule has 0 radical (unpaired) electrons. The first-order valence-corrected chi connectivity index (χ1v) is 6.10. The Morgan fingerprint density at radius 2 is 2.06 bits per heavy atom. The minimum Gasteiger partial charge on any atom is -0.382 e. The van der Waals surface area contributed by atoms with E-state index in [2.05, 4.69) is 0 Å². The lowest BCUT2D eigenvalue weighted by Crippen LogP contribution is -2.63. The van der Waals surface area contributed by atoms with Gasteiger partial charge in [-0.3, -0.25) is 10.1 Å². The fourth-order valence-electron chi connectivity index (χ4n) is 3.17. The fourth-order valence-corrected chi connectivity index (χ4v) is 3.17. The average Bonchev–Trinajstić information content (AvgIpc) is 2.75. The van der Waals surface area contributed by atoms with E-state index in [-0.39, 0.29) is 4.92 Å². The van der Waals surface area contributed by atoms with Crippen molar-refractivity contribution >= 4 is 0 Å². The third kappa shape index (κ3) is 1.75. The molecule has 98 valence electrons. The molecule has 1 saturated carbocycles. The van der Waals surface area contributed by atoms with E-state index in [1.165, 1.54) is 0 Å². The molecule has 1 spiro atoms. The monoisotopic (exact) mass is 245 g/mol. The van der Waals surface area contributed by atoms with Gasteiger partial charge in [-0.2, -0.15) is 0 Å². The number of ether oxygens (including phenoxy) is 2. The van der Waals surface area contributed by atoms with Crippen LogP contribution in [0.5, 0.6) is 0 Å². The molecule has 0 amide bonds. The summed E-state index contributed by atoms with van der Waals surface area (Å²) in [7, 11) is 0. The van der Waals surface area contributed by atoms with Crippen LogP contribution in [0.1, 0.15) is 33.1 Å². The summed E-state index contributed by atoms with van der Waals surface area (Å²) in [6.45, 7) is 4.53. The van der Waals surface area contributed by atoms with E-state index in [1.54, 1.807) is 13.8 Å². The van der Waals surface area contributed by atoms with Gasteiger partial charge in [0.1, 0.15) is 5.60 Å². The maximum Gasteiger partial charge on any atom is 0.241 e. The molecule has 2 rings (SSSR count). The van der Waals surface area contributed by atoms with Crippen LogP contribution in [-0.2, 0) is 9.47 Å². The zero-order chi connectivity index (χ0) is 12.7. The minimum absolute atomic E-state index is 0.293. The first-order chi connectivity index (χ1) is 7.96. The zero-order valence-corrected chi connectivity index (χ0v) is 10.2. The molecule has 1 aliphatic heterocycles. The quantitative estimate of drug-likeness (QED) is 0.578. The highest BCUT2D eigenvalue weighted by molar-refractivity contribution is 5.03. The second kappa shape index (κ2) is 4.19. The lowest BCUT2D eigenvalue weighted by Gasteiger charge is -2.47. The van der Waals surface area contributed by atoms with Crippen molar-refractivity contribution in [3.63, 3.8) is 0 Å². The topological polar surface area (TPSA) is 81.8 Å². The zero-order valence-electron chi connectivity index (χ0n) is 10.2. The van der Waals surface area contributed by atoms with Gasteiger partial charge in [0.05, 0.1) is 13.2 Å². The molecule has 2 fully saturated rings. The summed E-state index contributed by atoms with van der Waals surface area (Å²) in [6.07, 6.45) is 1.10. The number of nitrogens with zero attached hydrogens (tertiary/aromatic N) is 1. The van der Waals surface area contributed by atoms with E-state index in [0.717, 1.165) is 0 Å². The van der Waals surface area contributed by atoms with Crippen molar-refractivity contribution in [2.45, 2.75) is 50.5 Å². The normalized spacial score (nSPS) is 40.6. The van der Waals surface area contributed by atoms with Gasteiger partial charge >= 0.3 is 0 Å². The molecular weight excluding hydrogens is 226 g/mol. The fraction of sp³-hybridized carbons (Fsp3) is 1.00. The third-order valence-electron chi connectivity index (χ3n) is 4.35. The van der Waals surface area contributed by atoms with Gasteiger partial charge in [0.15, 0.2) is 5.79 Å². The molecule has 6 heteroatoms. The van der Waals surface area contributed by atoms with Crippen molar-refractivity contribution in [3.8, 4) is 0 Å². The van der Waals surface area contributed by atoms with E-state index in [4.69, 9.17) is 9.47 Å². The predicted molar refractivity (Wildman–Crippen MR) is 59.1 cm³/mol. The van der Waals surface area contributed by atoms with Gasteiger partial charge in [0.25, 0.3) is 0 Å². The van der Waals surface area contributed by atoms with E-state index in [0.29, 0.717) is 32.5 Å². The van der Waals surface area contributed by atoms with Gasteiger partial charge in [0.2, 0.25) is 6.04 Å². The Morgan fingerprint density at radius 3 is 2.53 bits per heavy atom. The lowest BCUT2D eigenvalue weighted by atomic mass is 9.68. The Balaban J connectivity index is 2.30. The van der Waals surface area contributed by atoms with Crippen LogP contribution in [0.2, 0.25) is 0 Å². The number of hydrogen-bond donors (Lipinski definition) is 1. The second-order valence-electron chi connectivity index (χ2n) is 4.92. The van der Waals surface area contributed by atoms with Crippen molar-refractivity contribution in [2.24, 2.45) is 5.92 Å². The van der Waals surface area contributed by atoms with Crippen molar-refractivity contribution in [2.75, 3.05) is 13.2 Å². The molecule has 0 aromatic heterocycles. The molecule has 2 aliphatic rings. The van der Waals surface area contributed by atoms with Gasteiger partial charge in [-0.1, -0.05) is 13.8 Å². The summed E-state index contributed by atoms with van der Waals surface area (Å²) in [6, 6.07) is -0.930. The van der Waals surface area contributed by atoms with Gasteiger partial charge in [-0.25, -0.2) is 0 Å². The maximum absolute atomic E-state index is 11.0. The lowest BCUT2D eigenvalue weighted by molar-refractivity contribution is -0.560. The summed E-state index contributed by atoms with van der Waals surface area (Å²) in [5.41, 5.74) is -1.36. The Hall–Kier alpha value is -0.720. The van der Waals surface area contributed by atoms with Crippen LogP contribution in [-0.4, -0.2) is 40.7 Å². The minimum atomic E-state index is -1.36. The average molecular weight is 245 g/mol. The number of rotatable bonds is 2. The Labute approximate surface area is 100 Å². The second-order valence-corrected chi connectivity index (χ2v) is 4.92. The van der Waals surface area contributed by atoms with E-state index in [1.807, 2.05) is 0 Å². The number of aliphatic hydroxyl groups is 1. The molecule has 6 nitrogen and oxygen atoms in total. The maximum atomic E-state index is 11.0. The molecule has 3 atom stereocenters. The summed E-state index contributed by atoms with van der Waals surface area (Å²) in [5, 5.41) is 21.6. The van der Waals surface area contributed by atoms with Crippen LogP contribution >= 0.6 is 0 Å². The smallest absolute Gasteiger partial charge is 0.241 e. The summed E-state index contributed by atoms with van der Waals surface area (Å²) < 4.78 is 11.2. The first kappa shape index (κ1) is 12.7. The van der Waals surface area contributed by atoms with E-state index < -0.39 is 23.3 Å². The highest BCUT2D eigenvalue weighted by Crippen LogP contribution is 2.47. The highest BCUT2D eigenvalue weighted by Gasteiger charge is 2.62. The summed E-state index contributed by atoms with van der Waals surface area (Å²) in [5.74, 6) is -1.22. The SMILES string of the molecule is CCC1(O)C([N+](=O)[O-])CCC2(OCCO2)C1C. The van der Waals surface area contributed by atoms with Gasteiger partial charge in [-0.15, -0.1) is 0 Å². The molecule has 17 heavy (non-hydrogen) atoms. The van der Waals surface area contributed by atoms with Crippen LogP contribution in [0.4, 0.5) is 0 Å². The summed E-state index contributed by atoms with van der Waals surface area (Å²) in [4.78, 5) is 10.7. The Morgan fingerprint density at radius 1 is 1.47 bits per heavy atom. The molecule has 1 N–H and O–H groups in total. The van der Waals surface area contributed by atoms with Crippen molar-refractivity contribution in [1.29, 1.82) is 0 Å². The molecule has 1 aliphatic carbocycles. The van der Waals surface area contributed by atoms with Crippen molar-refractivity contribution in [3.05, 3.63) is 10.1 Å². The summed E-state index contributed by atoms with van der Waals surface area (Å²) >= 11 is 0. The molecule has 0 aromatic rings. The largest absolute Gasteiger partial charge is 0.382 e. The van der Waals surface area contributed by atoms with E-state index in [9.17, 15) is 15.2 Å². The van der Waals surface area contributed by atoms with Gasteiger partial charge in [0, 0.05) is 23.7 Å². The van der Waals surface area contributed by atoms with Crippen LogP contribution in [0, 0.1) is 16.0 Å². The van der Waals surface area contributed by atoms with Crippen molar-refractivity contribution in [1.82, 2.24) is 0 Å². The molecule has 3 unspecified atom stereocenters. The highest BCUT2D eigenvalue weighted by atomic mass is 16.7. The molecule has 1 saturated heterocycles. The molecular formula is C11H19NO5. The third-order valence-corrected chi connectivity index (χ3v) is 4.35. The number of hydrogen-bond acceptors (Lipinski definition) is 5. The van der Waals surface area contributed by atoms with Crippen LogP contribution in [0.3, 0.4) is 0 Å². The van der Waals surface area contributed by atoms with Gasteiger partial charge < -0.3 is 14.6 Å². The predicted octanol–water partition coefficient (Wildman–Crippen LogP) is 0.946. The van der Waals surface area contributed by atoms with Crippen LogP contribution < -0.4 is 0 Å². The Kier molecular flexibility index (Phi) is 3.14. The van der Waals surface area contributed by atoms with Crippen LogP contribution in [0.15, 0.2) is 0 Å². The molecule has 1 heterocycles.